The van der Waals surface area contributed by atoms with E-state index in [1.54, 1.807) is 42.5 Å². The van der Waals surface area contributed by atoms with Gasteiger partial charge in [-0.3, -0.25) is 4.79 Å². The first kappa shape index (κ1) is 18.5. The van der Waals surface area contributed by atoms with Gasteiger partial charge in [-0.05, 0) is 56.2 Å². The van der Waals surface area contributed by atoms with Crippen molar-refractivity contribution in [1.29, 1.82) is 5.26 Å². The topological polar surface area (TPSA) is 66.2 Å². The van der Waals surface area contributed by atoms with Gasteiger partial charge in [-0.15, -0.1) is 11.3 Å². The maximum Gasteiger partial charge on any atom is 0.263 e. The number of carbonyl (C=O) groups is 1. The molecule has 0 radical (unpaired) electrons. The highest BCUT2D eigenvalue weighted by molar-refractivity contribution is 7.18. The first-order valence-corrected chi connectivity index (χ1v) is 10.3. The predicted octanol–water partition coefficient (Wildman–Crippen LogP) is 4.34. The molecule has 2 aromatic carbocycles. The average molecular weight is 391 g/mol. The minimum absolute atomic E-state index is 0.00658. The third kappa shape index (κ3) is 3.85. The van der Waals surface area contributed by atoms with Crippen LogP contribution in [0.5, 0.6) is 5.75 Å². The largest absolute Gasteiger partial charge is 0.481 e. The minimum Gasteiger partial charge on any atom is -0.481 e. The second-order valence-electron chi connectivity index (χ2n) is 7.02. The Balaban J connectivity index is 1.34. The fraction of sp³-hybridized carbons (Fsp3) is 0.318. The number of piperidine rings is 1. The van der Waals surface area contributed by atoms with Gasteiger partial charge in [0.05, 0.1) is 26.9 Å². The highest BCUT2D eigenvalue weighted by Crippen LogP contribution is 2.34. The van der Waals surface area contributed by atoms with Crippen molar-refractivity contribution in [3.63, 3.8) is 0 Å². The van der Waals surface area contributed by atoms with E-state index in [9.17, 15) is 4.79 Å². The van der Waals surface area contributed by atoms with Gasteiger partial charge in [0, 0.05) is 19.0 Å². The average Bonchev–Trinajstić information content (AvgIpc) is 3.18. The molecule has 1 aliphatic rings. The van der Waals surface area contributed by atoms with E-state index in [0.717, 1.165) is 31.4 Å². The fourth-order valence-corrected chi connectivity index (χ4v) is 4.67. The summed E-state index contributed by atoms with van der Waals surface area (Å²) >= 11 is 1.76. The maximum atomic E-state index is 12.7. The number of benzene rings is 2. The third-order valence-corrected chi connectivity index (χ3v) is 6.31. The van der Waals surface area contributed by atoms with Crippen molar-refractivity contribution in [3.05, 3.63) is 59.1 Å². The van der Waals surface area contributed by atoms with Gasteiger partial charge in [0.25, 0.3) is 5.91 Å². The van der Waals surface area contributed by atoms with Crippen molar-refractivity contribution >= 4 is 27.5 Å². The van der Waals surface area contributed by atoms with E-state index in [2.05, 4.69) is 18.2 Å². The van der Waals surface area contributed by atoms with E-state index in [4.69, 9.17) is 15.0 Å². The van der Waals surface area contributed by atoms with E-state index in [1.807, 2.05) is 17.0 Å². The van der Waals surface area contributed by atoms with Crippen molar-refractivity contribution in [3.8, 4) is 11.8 Å². The summed E-state index contributed by atoms with van der Waals surface area (Å²) < 4.78 is 6.99. The number of para-hydroxylation sites is 1. The number of nitriles is 1. The van der Waals surface area contributed by atoms with Crippen molar-refractivity contribution < 1.29 is 9.53 Å². The molecular formula is C22H21N3O2S. The Hall–Kier alpha value is -2.91. The van der Waals surface area contributed by atoms with Crippen molar-refractivity contribution in [2.75, 3.05) is 13.1 Å². The molecule has 1 aromatic heterocycles. The lowest BCUT2D eigenvalue weighted by atomic mass is 9.97. The molecule has 5 nitrogen and oxygen atoms in total. The molecule has 142 valence electrons. The van der Waals surface area contributed by atoms with Gasteiger partial charge in [-0.2, -0.15) is 5.26 Å². The first-order chi connectivity index (χ1) is 13.6. The number of carbonyl (C=O) groups excluding carboxylic acids is 1. The van der Waals surface area contributed by atoms with Crippen LogP contribution in [0.2, 0.25) is 0 Å². The SMILES string of the molecule is C[C@@H](Oc1ccc(C#N)cc1)C(=O)N1CCC(c2nc3ccccc3s2)CC1. The summed E-state index contributed by atoms with van der Waals surface area (Å²) in [6, 6.07) is 17.1. The van der Waals surface area contributed by atoms with Crippen LogP contribution >= 0.6 is 11.3 Å². The Morgan fingerprint density at radius 3 is 2.61 bits per heavy atom. The Labute approximate surface area is 168 Å². The zero-order chi connectivity index (χ0) is 19.5. The molecular weight excluding hydrogens is 370 g/mol. The third-order valence-electron chi connectivity index (χ3n) is 5.11. The standard InChI is InChI=1S/C22H21N3O2S/c1-15(27-18-8-6-16(14-23)7-9-18)22(26)25-12-10-17(11-13-25)21-24-19-4-2-3-5-20(19)28-21/h2-9,15,17H,10-13H2,1H3/t15-/m1/s1. The normalized spacial score (nSPS) is 15.9. The molecule has 0 saturated carbocycles. The number of thiazole rings is 1. The lowest BCUT2D eigenvalue weighted by Gasteiger charge is -2.32. The smallest absolute Gasteiger partial charge is 0.263 e. The molecule has 6 heteroatoms. The van der Waals surface area contributed by atoms with E-state index >= 15 is 0 Å². The number of likely N-dealkylation sites (tertiary alicyclic amines) is 1. The summed E-state index contributed by atoms with van der Waals surface area (Å²) in [6.45, 7) is 3.22. The number of aromatic nitrogens is 1. The molecule has 0 spiro atoms. The van der Waals surface area contributed by atoms with Gasteiger partial charge in [0.15, 0.2) is 6.10 Å². The van der Waals surface area contributed by atoms with Crippen molar-refractivity contribution in [2.45, 2.75) is 31.8 Å². The van der Waals surface area contributed by atoms with Crippen LogP contribution in [0.4, 0.5) is 0 Å². The van der Waals surface area contributed by atoms with Gasteiger partial charge in [-0.25, -0.2) is 4.98 Å². The molecule has 2 heterocycles. The monoisotopic (exact) mass is 391 g/mol. The second-order valence-corrected chi connectivity index (χ2v) is 8.08. The summed E-state index contributed by atoms with van der Waals surface area (Å²) in [5, 5.41) is 10.0. The van der Waals surface area contributed by atoms with Crippen LogP contribution in [0.3, 0.4) is 0 Å². The highest BCUT2D eigenvalue weighted by atomic mass is 32.1. The van der Waals surface area contributed by atoms with Crippen molar-refractivity contribution in [1.82, 2.24) is 9.88 Å². The summed E-state index contributed by atoms with van der Waals surface area (Å²) in [6.07, 6.45) is 1.30. The molecule has 1 aliphatic heterocycles. The predicted molar refractivity (Wildman–Crippen MR) is 109 cm³/mol. The first-order valence-electron chi connectivity index (χ1n) is 9.45. The van der Waals surface area contributed by atoms with E-state index in [1.165, 1.54) is 9.71 Å². The van der Waals surface area contributed by atoms with Crippen LogP contribution in [-0.2, 0) is 4.79 Å². The molecule has 0 N–H and O–H groups in total. The summed E-state index contributed by atoms with van der Waals surface area (Å²) in [5.41, 5.74) is 1.63. The lowest BCUT2D eigenvalue weighted by molar-refractivity contribution is -0.139. The highest BCUT2D eigenvalue weighted by Gasteiger charge is 2.29. The van der Waals surface area contributed by atoms with Gasteiger partial charge < -0.3 is 9.64 Å². The Kier molecular flexibility index (Phi) is 5.27. The molecule has 3 aromatic rings. The van der Waals surface area contributed by atoms with Gasteiger partial charge >= 0.3 is 0 Å². The number of hydrogen-bond acceptors (Lipinski definition) is 5. The molecule has 1 saturated heterocycles. The molecule has 1 atom stereocenters. The van der Waals surface area contributed by atoms with Crippen molar-refractivity contribution in [2.24, 2.45) is 0 Å². The summed E-state index contributed by atoms with van der Waals surface area (Å²) in [5.74, 6) is 1.02. The van der Waals surface area contributed by atoms with Gasteiger partial charge in [0.2, 0.25) is 0 Å². The molecule has 1 amide bonds. The maximum absolute atomic E-state index is 12.7. The van der Waals surface area contributed by atoms with E-state index in [0.29, 0.717) is 17.2 Å². The van der Waals surface area contributed by atoms with Crippen LogP contribution in [0.25, 0.3) is 10.2 Å². The molecule has 4 rings (SSSR count). The number of rotatable bonds is 4. The lowest BCUT2D eigenvalue weighted by Crippen LogP contribution is -2.44. The second kappa shape index (κ2) is 7.99. The van der Waals surface area contributed by atoms with Crippen LogP contribution in [0.15, 0.2) is 48.5 Å². The van der Waals surface area contributed by atoms with Crippen LogP contribution in [0, 0.1) is 11.3 Å². The Morgan fingerprint density at radius 1 is 1.21 bits per heavy atom. The summed E-state index contributed by atoms with van der Waals surface area (Å²) in [7, 11) is 0. The number of amides is 1. The minimum atomic E-state index is -0.549. The number of hydrogen-bond donors (Lipinski definition) is 0. The molecule has 28 heavy (non-hydrogen) atoms. The number of fused-ring (bicyclic) bond motifs is 1. The quantitative estimate of drug-likeness (QED) is 0.663. The number of nitrogens with zero attached hydrogens (tertiary/aromatic N) is 3. The van der Waals surface area contributed by atoms with Gasteiger partial charge in [-0.1, -0.05) is 12.1 Å². The van der Waals surface area contributed by atoms with Crippen LogP contribution < -0.4 is 4.74 Å². The van der Waals surface area contributed by atoms with Gasteiger partial charge in [0.1, 0.15) is 5.75 Å². The summed E-state index contributed by atoms with van der Waals surface area (Å²) in [4.78, 5) is 19.4. The van der Waals surface area contributed by atoms with E-state index in [-0.39, 0.29) is 5.91 Å². The van der Waals surface area contributed by atoms with Crippen LogP contribution in [0.1, 0.15) is 36.3 Å². The molecule has 1 fully saturated rings. The Morgan fingerprint density at radius 2 is 1.93 bits per heavy atom. The zero-order valence-electron chi connectivity index (χ0n) is 15.7. The molecule has 0 aliphatic carbocycles. The van der Waals surface area contributed by atoms with Crippen LogP contribution in [-0.4, -0.2) is 35.0 Å². The molecule has 0 bridgehead atoms. The Bertz CT molecular complexity index is 981. The zero-order valence-corrected chi connectivity index (χ0v) is 16.5. The fourth-order valence-electron chi connectivity index (χ4n) is 3.53. The van der Waals surface area contributed by atoms with E-state index < -0.39 is 6.10 Å². The number of ether oxygens (including phenoxy) is 1. The molecule has 0 unspecified atom stereocenters.